The first-order valence-corrected chi connectivity index (χ1v) is 7.65. The van der Waals surface area contributed by atoms with Gasteiger partial charge in [-0.3, -0.25) is 0 Å². The predicted octanol–water partition coefficient (Wildman–Crippen LogP) is 2.52. The van der Waals surface area contributed by atoms with Crippen molar-refractivity contribution in [1.82, 2.24) is 20.8 Å². The van der Waals surface area contributed by atoms with Gasteiger partial charge in [-0.15, -0.1) is 0 Å². The summed E-state index contributed by atoms with van der Waals surface area (Å²) in [6, 6.07) is 6.14. The van der Waals surface area contributed by atoms with Crippen LogP contribution in [0.25, 0.3) is 11.5 Å². The zero-order valence-corrected chi connectivity index (χ0v) is 13.7. The van der Waals surface area contributed by atoms with Crippen molar-refractivity contribution in [3.05, 3.63) is 35.1 Å². The van der Waals surface area contributed by atoms with Gasteiger partial charge < -0.3 is 20.3 Å². The van der Waals surface area contributed by atoms with E-state index in [-0.39, 0.29) is 18.7 Å². The van der Waals surface area contributed by atoms with E-state index in [2.05, 4.69) is 20.8 Å². The Hall–Kier alpha value is -2.12. The highest BCUT2D eigenvalue weighted by molar-refractivity contribution is 6.30. The van der Waals surface area contributed by atoms with Crippen molar-refractivity contribution < 1.29 is 14.4 Å². The lowest BCUT2D eigenvalue weighted by molar-refractivity contribution is 0.227. The highest BCUT2D eigenvalue weighted by Gasteiger charge is 2.17. The van der Waals surface area contributed by atoms with Crippen LogP contribution in [0.15, 0.2) is 28.8 Å². The quantitative estimate of drug-likeness (QED) is 0.751. The average molecular weight is 339 g/mol. The third-order valence-electron chi connectivity index (χ3n) is 3.21. The molecule has 124 valence electrons. The molecule has 1 aromatic heterocycles. The van der Waals surface area contributed by atoms with E-state index in [4.69, 9.17) is 21.2 Å². The highest BCUT2D eigenvalue weighted by atomic mass is 35.5. The van der Waals surface area contributed by atoms with Crippen molar-refractivity contribution >= 4 is 17.6 Å². The van der Waals surface area contributed by atoms with Crippen LogP contribution in [0.4, 0.5) is 4.79 Å². The van der Waals surface area contributed by atoms with Gasteiger partial charge in [-0.2, -0.15) is 4.98 Å². The van der Waals surface area contributed by atoms with Gasteiger partial charge >= 0.3 is 6.03 Å². The van der Waals surface area contributed by atoms with Crippen molar-refractivity contribution in [2.45, 2.75) is 32.4 Å². The average Bonchev–Trinajstić information content (AvgIpc) is 2.98. The van der Waals surface area contributed by atoms with Crippen molar-refractivity contribution in [3.63, 3.8) is 0 Å². The van der Waals surface area contributed by atoms with Gasteiger partial charge in [-0.1, -0.05) is 16.8 Å². The lowest BCUT2D eigenvalue weighted by atomic mass is 10.2. The number of aliphatic hydroxyl groups excluding tert-OH is 1. The van der Waals surface area contributed by atoms with E-state index in [9.17, 15) is 4.79 Å². The minimum atomic E-state index is -0.416. The van der Waals surface area contributed by atoms with E-state index < -0.39 is 6.04 Å². The third kappa shape index (κ3) is 4.94. The van der Waals surface area contributed by atoms with Crippen LogP contribution in [0.1, 0.15) is 32.1 Å². The lowest BCUT2D eigenvalue weighted by Gasteiger charge is -2.15. The molecule has 0 radical (unpaired) electrons. The van der Waals surface area contributed by atoms with E-state index in [0.717, 1.165) is 5.56 Å². The second-order valence-electron chi connectivity index (χ2n) is 5.22. The molecule has 0 saturated heterocycles. The molecule has 1 unspecified atom stereocenters. The number of carbonyl (C=O) groups is 1. The van der Waals surface area contributed by atoms with Gasteiger partial charge in [0.15, 0.2) is 5.82 Å². The second-order valence-corrected chi connectivity index (χ2v) is 5.65. The summed E-state index contributed by atoms with van der Waals surface area (Å²) in [4.78, 5) is 16.1. The summed E-state index contributed by atoms with van der Waals surface area (Å²) >= 11 is 5.84. The molecule has 8 heteroatoms. The number of hydrogen-bond acceptors (Lipinski definition) is 5. The fraction of sp³-hybridized carbons (Fsp3) is 0.400. The molecule has 2 aromatic rings. The van der Waals surface area contributed by atoms with E-state index in [0.29, 0.717) is 23.2 Å². The summed E-state index contributed by atoms with van der Waals surface area (Å²) in [5, 5.41) is 18.8. The van der Waals surface area contributed by atoms with Crippen LogP contribution >= 0.6 is 11.6 Å². The number of rotatable bonds is 6. The molecule has 23 heavy (non-hydrogen) atoms. The van der Waals surface area contributed by atoms with E-state index >= 15 is 0 Å². The fourth-order valence-electron chi connectivity index (χ4n) is 1.91. The number of urea groups is 1. The van der Waals surface area contributed by atoms with E-state index in [1.165, 1.54) is 0 Å². The molecule has 0 aliphatic heterocycles. The number of halogens is 1. The second kappa shape index (κ2) is 7.94. The topological polar surface area (TPSA) is 100 Å². The van der Waals surface area contributed by atoms with Gasteiger partial charge in [-0.25, -0.2) is 4.79 Å². The van der Waals surface area contributed by atoms with Crippen LogP contribution in [0.3, 0.4) is 0 Å². The zero-order valence-electron chi connectivity index (χ0n) is 12.9. The Kier molecular flexibility index (Phi) is 5.95. The Morgan fingerprint density at radius 2 is 2.00 bits per heavy atom. The maximum atomic E-state index is 11.8. The smallest absolute Gasteiger partial charge is 0.315 e. The molecule has 2 rings (SSSR count). The summed E-state index contributed by atoms with van der Waals surface area (Å²) in [6.45, 7) is 3.59. The number of amides is 2. The van der Waals surface area contributed by atoms with Crippen LogP contribution in [-0.4, -0.2) is 33.9 Å². The van der Waals surface area contributed by atoms with Crippen LogP contribution in [0, 0.1) is 0 Å². The normalized spacial score (nSPS) is 13.4. The largest absolute Gasteiger partial charge is 0.396 e. The Bertz CT molecular complexity index is 644. The molecule has 0 fully saturated rings. The maximum Gasteiger partial charge on any atom is 0.315 e. The standard InChI is InChI=1S/C15H19ClN4O3/c1-9(7-8-21)17-15(22)18-10(2)13-19-14(23-20-13)11-3-5-12(16)6-4-11/h3-6,9-10,21H,7-8H2,1-2H3,(H2,17,18,22)/t9-,10?/m1/s1. The predicted molar refractivity (Wildman–Crippen MR) is 86.0 cm³/mol. The molecule has 0 aliphatic carbocycles. The molecule has 0 aliphatic rings. The third-order valence-corrected chi connectivity index (χ3v) is 3.46. The number of carbonyl (C=O) groups excluding carboxylic acids is 1. The number of aliphatic hydroxyl groups is 1. The van der Waals surface area contributed by atoms with E-state index in [1.54, 1.807) is 31.2 Å². The van der Waals surface area contributed by atoms with Crippen molar-refractivity contribution in [3.8, 4) is 11.5 Å². The zero-order chi connectivity index (χ0) is 16.8. The highest BCUT2D eigenvalue weighted by Crippen LogP contribution is 2.21. The van der Waals surface area contributed by atoms with Gasteiger partial charge in [0.2, 0.25) is 0 Å². The van der Waals surface area contributed by atoms with Gasteiger partial charge in [0, 0.05) is 23.2 Å². The first kappa shape index (κ1) is 17.2. The Morgan fingerprint density at radius 1 is 1.30 bits per heavy atom. The monoisotopic (exact) mass is 338 g/mol. The molecule has 2 amide bonds. The number of benzene rings is 1. The molecule has 7 nitrogen and oxygen atoms in total. The van der Waals surface area contributed by atoms with E-state index in [1.807, 2.05) is 6.92 Å². The summed E-state index contributed by atoms with van der Waals surface area (Å²) in [5.74, 6) is 0.735. The Labute approximate surface area is 139 Å². The summed E-state index contributed by atoms with van der Waals surface area (Å²) in [6.07, 6.45) is 0.491. The molecule has 3 N–H and O–H groups in total. The van der Waals surface area contributed by atoms with Crippen molar-refractivity contribution in [1.29, 1.82) is 0 Å². The molecular formula is C15H19ClN4O3. The number of aromatic nitrogens is 2. The van der Waals surface area contributed by atoms with Crippen LogP contribution in [-0.2, 0) is 0 Å². The van der Waals surface area contributed by atoms with Crippen molar-refractivity contribution in [2.24, 2.45) is 0 Å². The fourth-order valence-corrected chi connectivity index (χ4v) is 2.04. The Balaban J connectivity index is 1.97. The number of nitrogens with zero attached hydrogens (tertiary/aromatic N) is 2. The maximum absolute atomic E-state index is 11.8. The summed E-state index contributed by atoms with van der Waals surface area (Å²) < 4.78 is 5.20. The minimum absolute atomic E-state index is 0.0201. The molecular weight excluding hydrogens is 320 g/mol. The van der Waals surface area contributed by atoms with Gasteiger partial charge in [0.1, 0.15) is 0 Å². The van der Waals surface area contributed by atoms with Crippen LogP contribution in [0.5, 0.6) is 0 Å². The molecule has 0 bridgehead atoms. The van der Waals surface area contributed by atoms with Gasteiger partial charge in [0.25, 0.3) is 5.89 Å². The summed E-state index contributed by atoms with van der Waals surface area (Å²) in [7, 11) is 0. The SMILES string of the molecule is CC(NC(=O)N[C@H](C)CCO)c1noc(-c2ccc(Cl)cc2)n1. The Morgan fingerprint density at radius 3 is 2.65 bits per heavy atom. The summed E-state index contributed by atoms with van der Waals surface area (Å²) in [5.41, 5.74) is 0.751. The van der Waals surface area contributed by atoms with Crippen LogP contribution in [0.2, 0.25) is 5.02 Å². The van der Waals surface area contributed by atoms with Gasteiger partial charge in [0.05, 0.1) is 6.04 Å². The molecule has 0 spiro atoms. The first-order valence-electron chi connectivity index (χ1n) is 7.27. The number of nitrogens with one attached hydrogen (secondary N) is 2. The molecule has 0 saturated carbocycles. The van der Waals surface area contributed by atoms with Crippen molar-refractivity contribution in [2.75, 3.05) is 6.61 Å². The lowest BCUT2D eigenvalue weighted by Crippen LogP contribution is -2.42. The van der Waals surface area contributed by atoms with Crippen LogP contribution < -0.4 is 10.6 Å². The first-order chi connectivity index (χ1) is 11.0. The minimum Gasteiger partial charge on any atom is -0.396 e. The number of hydrogen-bond donors (Lipinski definition) is 3. The van der Waals surface area contributed by atoms with Gasteiger partial charge in [-0.05, 0) is 44.5 Å². The molecule has 1 aromatic carbocycles. The molecule has 2 atom stereocenters. The molecule has 1 heterocycles.